The lowest BCUT2D eigenvalue weighted by Gasteiger charge is -2.09. The van der Waals surface area contributed by atoms with E-state index in [0.717, 1.165) is 25.2 Å². The molecule has 1 heterocycles. The van der Waals surface area contributed by atoms with Gasteiger partial charge in [0.05, 0.1) is 29.3 Å². The summed E-state index contributed by atoms with van der Waals surface area (Å²) in [4.78, 5) is 3.98. The predicted octanol–water partition coefficient (Wildman–Crippen LogP) is 1.84. The first kappa shape index (κ1) is 12.0. The zero-order valence-electron chi connectivity index (χ0n) is 10.0. The summed E-state index contributed by atoms with van der Waals surface area (Å²) in [5.74, 6) is 0. The Labute approximate surface area is 106 Å². The molecule has 0 aliphatic rings. The third kappa shape index (κ3) is 3.01. The van der Waals surface area contributed by atoms with Crippen LogP contribution in [-0.2, 0) is 6.54 Å². The lowest BCUT2D eigenvalue weighted by atomic mass is 10.2. The molecule has 5 nitrogen and oxygen atoms in total. The van der Waals surface area contributed by atoms with Crippen molar-refractivity contribution in [1.82, 2.24) is 9.55 Å². The second-order valence-corrected chi connectivity index (χ2v) is 3.99. The van der Waals surface area contributed by atoms with Gasteiger partial charge in [-0.2, -0.15) is 5.26 Å². The SMILES string of the molecule is N#Cc1ccc(NCCCn2ccnc2)c(N)c1. The van der Waals surface area contributed by atoms with E-state index < -0.39 is 0 Å². The smallest absolute Gasteiger partial charge is 0.0992 e. The Morgan fingerprint density at radius 3 is 3.00 bits per heavy atom. The lowest BCUT2D eigenvalue weighted by molar-refractivity contribution is 0.661. The average molecular weight is 241 g/mol. The van der Waals surface area contributed by atoms with Crippen LogP contribution in [0.15, 0.2) is 36.9 Å². The van der Waals surface area contributed by atoms with Crippen molar-refractivity contribution in [2.45, 2.75) is 13.0 Å². The monoisotopic (exact) mass is 241 g/mol. The van der Waals surface area contributed by atoms with Crippen LogP contribution in [0.25, 0.3) is 0 Å². The minimum absolute atomic E-state index is 0.580. The van der Waals surface area contributed by atoms with Crippen molar-refractivity contribution >= 4 is 11.4 Å². The Bertz CT molecular complexity index is 539. The minimum atomic E-state index is 0.580. The Balaban J connectivity index is 1.82. The van der Waals surface area contributed by atoms with Crippen LogP contribution in [0.3, 0.4) is 0 Å². The second kappa shape index (κ2) is 5.73. The maximum atomic E-state index is 8.74. The van der Waals surface area contributed by atoms with Crippen molar-refractivity contribution in [3.8, 4) is 6.07 Å². The third-order valence-electron chi connectivity index (χ3n) is 2.65. The van der Waals surface area contributed by atoms with Crippen LogP contribution in [0.1, 0.15) is 12.0 Å². The Hall–Kier alpha value is -2.48. The molecule has 1 aromatic carbocycles. The molecule has 0 amide bonds. The highest BCUT2D eigenvalue weighted by atomic mass is 15.0. The van der Waals surface area contributed by atoms with Crippen molar-refractivity contribution in [2.24, 2.45) is 0 Å². The number of nitrogens with two attached hydrogens (primary N) is 1. The zero-order valence-corrected chi connectivity index (χ0v) is 10.0. The fourth-order valence-corrected chi connectivity index (χ4v) is 1.70. The van der Waals surface area contributed by atoms with Gasteiger partial charge in [-0.3, -0.25) is 0 Å². The quantitative estimate of drug-likeness (QED) is 0.618. The molecule has 0 fully saturated rings. The number of anilines is 2. The van der Waals surface area contributed by atoms with Crippen molar-refractivity contribution in [1.29, 1.82) is 5.26 Å². The van der Waals surface area contributed by atoms with Gasteiger partial charge < -0.3 is 15.6 Å². The van der Waals surface area contributed by atoms with Gasteiger partial charge in [0, 0.05) is 25.5 Å². The van der Waals surface area contributed by atoms with Crippen molar-refractivity contribution < 1.29 is 0 Å². The number of hydrogen-bond donors (Lipinski definition) is 2. The largest absolute Gasteiger partial charge is 0.397 e. The molecule has 3 N–H and O–H groups in total. The summed E-state index contributed by atoms with van der Waals surface area (Å²) in [6, 6.07) is 7.34. The van der Waals surface area contributed by atoms with Gasteiger partial charge in [-0.25, -0.2) is 4.98 Å². The van der Waals surface area contributed by atoms with E-state index in [1.807, 2.05) is 16.8 Å². The highest BCUT2D eigenvalue weighted by molar-refractivity contribution is 5.68. The van der Waals surface area contributed by atoms with Crippen molar-refractivity contribution in [2.75, 3.05) is 17.6 Å². The standard InChI is InChI=1S/C13H15N5/c14-9-11-2-3-13(12(15)8-11)17-4-1-6-18-7-5-16-10-18/h2-3,5,7-8,10,17H,1,4,6,15H2. The number of rotatable bonds is 5. The molecule has 0 unspecified atom stereocenters. The molecule has 0 aliphatic carbocycles. The summed E-state index contributed by atoms with van der Waals surface area (Å²) in [5, 5.41) is 12.0. The number of hydrogen-bond acceptors (Lipinski definition) is 4. The fourth-order valence-electron chi connectivity index (χ4n) is 1.70. The number of imidazole rings is 1. The van der Waals surface area contributed by atoms with Crippen LogP contribution in [0.2, 0.25) is 0 Å². The summed E-state index contributed by atoms with van der Waals surface area (Å²) in [6.07, 6.45) is 6.49. The van der Waals surface area contributed by atoms with Gasteiger partial charge in [0.1, 0.15) is 0 Å². The molecule has 1 aromatic heterocycles. The van der Waals surface area contributed by atoms with Crippen LogP contribution >= 0.6 is 0 Å². The van der Waals surface area contributed by atoms with E-state index in [1.54, 1.807) is 24.7 Å². The van der Waals surface area contributed by atoms with Gasteiger partial charge in [-0.15, -0.1) is 0 Å². The molecule has 0 saturated heterocycles. The number of nitrogens with zero attached hydrogens (tertiary/aromatic N) is 3. The van der Waals surface area contributed by atoms with Gasteiger partial charge in [-0.05, 0) is 24.6 Å². The first-order valence-electron chi connectivity index (χ1n) is 5.79. The predicted molar refractivity (Wildman–Crippen MR) is 70.9 cm³/mol. The van der Waals surface area contributed by atoms with Gasteiger partial charge in [-0.1, -0.05) is 0 Å². The Kier molecular flexibility index (Phi) is 3.82. The van der Waals surface area contributed by atoms with Gasteiger partial charge in [0.2, 0.25) is 0 Å². The zero-order chi connectivity index (χ0) is 12.8. The number of benzene rings is 1. The molecule has 0 radical (unpaired) electrons. The Morgan fingerprint density at radius 1 is 1.44 bits per heavy atom. The van der Waals surface area contributed by atoms with Crippen LogP contribution in [0.5, 0.6) is 0 Å². The number of aromatic nitrogens is 2. The van der Waals surface area contributed by atoms with Gasteiger partial charge in [0.25, 0.3) is 0 Å². The number of nitrogens with one attached hydrogen (secondary N) is 1. The highest BCUT2D eigenvalue weighted by Crippen LogP contribution is 2.19. The molecule has 2 aromatic rings. The molecule has 92 valence electrons. The van der Waals surface area contributed by atoms with Crippen LogP contribution in [0, 0.1) is 11.3 Å². The summed E-state index contributed by atoms with van der Waals surface area (Å²) >= 11 is 0. The van der Waals surface area contributed by atoms with E-state index in [1.165, 1.54) is 0 Å². The molecule has 0 atom stereocenters. The van der Waals surface area contributed by atoms with E-state index in [9.17, 15) is 0 Å². The number of nitrogen functional groups attached to an aromatic ring is 1. The van der Waals surface area contributed by atoms with Crippen LogP contribution < -0.4 is 11.1 Å². The van der Waals surface area contributed by atoms with Crippen molar-refractivity contribution in [3.05, 3.63) is 42.5 Å². The summed E-state index contributed by atoms with van der Waals surface area (Å²) in [5.41, 5.74) is 7.91. The third-order valence-corrected chi connectivity index (χ3v) is 2.65. The van der Waals surface area contributed by atoms with Crippen LogP contribution in [0.4, 0.5) is 11.4 Å². The normalized spacial score (nSPS) is 9.94. The molecule has 2 rings (SSSR count). The van der Waals surface area contributed by atoms with Crippen LogP contribution in [-0.4, -0.2) is 16.1 Å². The average Bonchev–Trinajstić information content (AvgIpc) is 2.89. The summed E-state index contributed by atoms with van der Waals surface area (Å²) in [7, 11) is 0. The summed E-state index contributed by atoms with van der Waals surface area (Å²) in [6.45, 7) is 1.75. The highest BCUT2D eigenvalue weighted by Gasteiger charge is 1.99. The maximum Gasteiger partial charge on any atom is 0.0992 e. The topological polar surface area (TPSA) is 79.7 Å². The maximum absolute atomic E-state index is 8.74. The molecular formula is C13H15N5. The number of aryl methyl sites for hydroxylation is 1. The molecule has 0 saturated carbocycles. The first-order chi connectivity index (χ1) is 8.79. The van der Waals surface area contributed by atoms with Crippen molar-refractivity contribution in [3.63, 3.8) is 0 Å². The van der Waals surface area contributed by atoms with E-state index in [0.29, 0.717) is 11.3 Å². The number of nitriles is 1. The fraction of sp³-hybridized carbons (Fsp3) is 0.231. The Morgan fingerprint density at radius 2 is 2.33 bits per heavy atom. The summed E-state index contributed by atoms with van der Waals surface area (Å²) < 4.78 is 2.03. The molecule has 0 spiro atoms. The molecular weight excluding hydrogens is 226 g/mol. The minimum Gasteiger partial charge on any atom is -0.397 e. The molecule has 5 heteroatoms. The van der Waals surface area contributed by atoms with E-state index in [2.05, 4.69) is 16.4 Å². The molecule has 0 bridgehead atoms. The van der Waals surface area contributed by atoms with Gasteiger partial charge >= 0.3 is 0 Å². The van der Waals surface area contributed by atoms with E-state index in [-0.39, 0.29) is 0 Å². The molecule has 0 aliphatic heterocycles. The second-order valence-electron chi connectivity index (χ2n) is 3.99. The first-order valence-corrected chi connectivity index (χ1v) is 5.79. The lowest BCUT2D eigenvalue weighted by Crippen LogP contribution is -2.07. The van der Waals surface area contributed by atoms with E-state index in [4.69, 9.17) is 11.0 Å². The van der Waals surface area contributed by atoms with Gasteiger partial charge in [0.15, 0.2) is 0 Å². The van der Waals surface area contributed by atoms with E-state index >= 15 is 0 Å². The molecule has 18 heavy (non-hydrogen) atoms.